The van der Waals surface area contributed by atoms with Crippen LogP contribution >= 0.6 is 0 Å². The number of hydrogen-bond donors (Lipinski definition) is 1. The first-order chi connectivity index (χ1) is 9.63. The molecule has 1 aromatic rings. The van der Waals surface area contributed by atoms with E-state index in [0.717, 1.165) is 31.6 Å². The SMILES string of the molecule is CC1CCC(Nc2cc3c(cc2[N+](=O)[O-])OCO3)CC1. The van der Waals surface area contributed by atoms with E-state index in [1.165, 1.54) is 6.07 Å². The number of rotatable bonds is 3. The molecule has 6 nitrogen and oxygen atoms in total. The first-order valence-corrected chi connectivity index (χ1v) is 6.98. The number of nitro groups is 1. The van der Waals surface area contributed by atoms with Crippen molar-refractivity contribution in [1.29, 1.82) is 0 Å². The Labute approximate surface area is 117 Å². The lowest BCUT2D eigenvalue weighted by Crippen LogP contribution is -2.25. The van der Waals surface area contributed by atoms with E-state index in [1.807, 2.05) is 0 Å². The minimum atomic E-state index is -0.379. The summed E-state index contributed by atoms with van der Waals surface area (Å²) in [5.41, 5.74) is 0.576. The summed E-state index contributed by atoms with van der Waals surface area (Å²) in [5, 5.41) is 14.5. The van der Waals surface area contributed by atoms with E-state index in [9.17, 15) is 10.1 Å². The molecular weight excluding hydrogens is 260 g/mol. The van der Waals surface area contributed by atoms with Crippen molar-refractivity contribution >= 4 is 11.4 Å². The number of fused-ring (bicyclic) bond motifs is 1. The average Bonchev–Trinajstić information content (AvgIpc) is 2.87. The van der Waals surface area contributed by atoms with Crippen LogP contribution in [0.25, 0.3) is 0 Å². The van der Waals surface area contributed by atoms with E-state index in [0.29, 0.717) is 23.2 Å². The minimum Gasteiger partial charge on any atom is -0.454 e. The van der Waals surface area contributed by atoms with Gasteiger partial charge in [-0.05, 0) is 31.6 Å². The Hall–Kier alpha value is -1.98. The zero-order chi connectivity index (χ0) is 14.1. The number of nitrogens with zero attached hydrogens (tertiary/aromatic N) is 1. The second-order valence-corrected chi connectivity index (χ2v) is 5.58. The molecule has 0 radical (unpaired) electrons. The van der Waals surface area contributed by atoms with Crippen molar-refractivity contribution in [3.63, 3.8) is 0 Å². The van der Waals surface area contributed by atoms with E-state index in [1.54, 1.807) is 6.07 Å². The van der Waals surface area contributed by atoms with Crippen LogP contribution in [-0.4, -0.2) is 17.8 Å². The predicted octanol–water partition coefficient (Wildman–Crippen LogP) is 3.31. The lowest BCUT2D eigenvalue weighted by Gasteiger charge is -2.27. The number of anilines is 1. The van der Waals surface area contributed by atoms with Gasteiger partial charge in [-0.15, -0.1) is 0 Å². The van der Waals surface area contributed by atoms with Crippen LogP contribution in [0.4, 0.5) is 11.4 Å². The number of hydrogen-bond acceptors (Lipinski definition) is 5. The van der Waals surface area contributed by atoms with Crippen molar-refractivity contribution < 1.29 is 14.4 Å². The molecule has 1 heterocycles. The Morgan fingerprint density at radius 2 is 1.85 bits per heavy atom. The van der Waals surface area contributed by atoms with Gasteiger partial charge in [-0.2, -0.15) is 0 Å². The lowest BCUT2D eigenvalue weighted by molar-refractivity contribution is -0.384. The highest BCUT2D eigenvalue weighted by Gasteiger charge is 2.26. The van der Waals surface area contributed by atoms with E-state index in [-0.39, 0.29) is 17.4 Å². The number of nitrogens with one attached hydrogen (secondary N) is 1. The predicted molar refractivity (Wildman–Crippen MR) is 74.3 cm³/mol. The summed E-state index contributed by atoms with van der Waals surface area (Å²) in [7, 11) is 0. The van der Waals surface area contributed by atoms with Crippen molar-refractivity contribution in [1.82, 2.24) is 0 Å². The highest BCUT2D eigenvalue weighted by molar-refractivity contribution is 5.69. The molecule has 1 N–H and O–H groups in total. The van der Waals surface area contributed by atoms with E-state index >= 15 is 0 Å². The Morgan fingerprint density at radius 1 is 1.20 bits per heavy atom. The molecule has 0 aromatic heterocycles. The van der Waals surface area contributed by atoms with E-state index < -0.39 is 0 Å². The molecule has 0 unspecified atom stereocenters. The minimum absolute atomic E-state index is 0.0490. The van der Waals surface area contributed by atoms with Gasteiger partial charge in [0.15, 0.2) is 11.5 Å². The van der Waals surface area contributed by atoms with Gasteiger partial charge in [0.25, 0.3) is 5.69 Å². The summed E-state index contributed by atoms with van der Waals surface area (Å²) in [6.07, 6.45) is 4.42. The molecule has 1 fully saturated rings. The zero-order valence-corrected chi connectivity index (χ0v) is 11.4. The number of ether oxygens (including phenoxy) is 2. The van der Waals surface area contributed by atoms with Gasteiger partial charge < -0.3 is 14.8 Å². The number of nitro benzene ring substituents is 1. The quantitative estimate of drug-likeness (QED) is 0.678. The van der Waals surface area contributed by atoms with Crippen LogP contribution in [0, 0.1) is 16.0 Å². The van der Waals surface area contributed by atoms with Crippen LogP contribution in [0.2, 0.25) is 0 Å². The Bertz CT molecular complexity index is 524. The van der Waals surface area contributed by atoms with Gasteiger partial charge in [0.1, 0.15) is 5.69 Å². The molecular formula is C14H18N2O4. The molecule has 20 heavy (non-hydrogen) atoms. The van der Waals surface area contributed by atoms with Gasteiger partial charge in [-0.25, -0.2) is 0 Å². The monoisotopic (exact) mass is 278 g/mol. The van der Waals surface area contributed by atoms with E-state index in [4.69, 9.17) is 9.47 Å². The third kappa shape index (κ3) is 2.50. The molecule has 1 aliphatic heterocycles. The van der Waals surface area contributed by atoms with Crippen LogP contribution in [0.1, 0.15) is 32.6 Å². The average molecular weight is 278 g/mol. The van der Waals surface area contributed by atoms with Crippen LogP contribution in [0.3, 0.4) is 0 Å². The van der Waals surface area contributed by atoms with Crippen LogP contribution in [0.15, 0.2) is 12.1 Å². The van der Waals surface area contributed by atoms with Gasteiger partial charge in [0, 0.05) is 12.1 Å². The summed E-state index contributed by atoms with van der Waals surface area (Å²) in [4.78, 5) is 10.8. The molecule has 1 saturated carbocycles. The van der Waals surface area contributed by atoms with Crippen LogP contribution in [-0.2, 0) is 0 Å². The summed E-state index contributed by atoms with van der Waals surface area (Å²) < 4.78 is 10.5. The van der Waals surface area contributed by atoms with Gasteiger partial charge in [-0.1, -0.05) is 6.92 Å². The molecule has 108 valence electrons. The first-order valence-electron chi connectivity index (χ1n) is 6.98. The lowest BCUT2D eigenvalue weighted by atomic mass is 9.87. The van der Waals surface area contributed by atoms with Crippen molar-refractivity contribution in [2.75, 3.05) is 12.1 Å². The largest absolute Gasteiger partial charge is 0.454 e. The topological polar surface area (TPSA) is 73.6 Å². The fraction of sp³-hybridized carbons (Fsp3) is 0.571. The maximum absolute atomic E-state index is 11.2. The molecule has 0 bridgehead atoms. The standard InChI is InChI=1S/C14H18N2O4/c1-9-2-4-10(5-3-9)15-11-6-13-14(20-8-19-13)7-12(11)16(17)18/h6-7,9-10,15H,2-5,8H2,1H3. The first kappa shape index (κ1) is 13.0. The van der Waals surface area contributed by atoms with Gasteiger partial charge in [-0.3, -0.25) is 10.1 Å². The summed E-state index contributed by atoms with van der Waals surface area (Å²) in [6, 6.07) is 3.42. The fourth-order valence-corrected chi connectivity index (χ4v) is 2.82. The van der Waals surface area contributed by atoms with Crippen LogP contribution < -0.4 is 14.8 Å². The van der Waals surface area contributed by atoms with Gasteiger partial charge in [0.05, 0.1) is 11.0 Å². The van der Waals surface area contributed by atoms with Crippen molar-refractivity contribution in [2.24, 2.45) is 5.92 Å². The third-order valence-corrected chi connectivity index (χ3v) is 4.06. The smallest absolute Gasteiger partial charge is 0.296 e. The molecule has 0 atom stereocenters. The second kappa shape index (κ2) is 5.19. The molecule has 3 rings (SSSR count). The van der Waals surface area contributed by atoms with Gasteiger partial charge >= 0.3 is 0 Å². The molecule has 0 amide bonds. The molecule has 2 aliphatic rings. The summed E-state index contributed by atoms with van der Waals surface area (Å²) in [6.45, 7) is 2.37. The summed E-state index contributed by atoms with van der Waals surface area (Å²) >= 11 is 0. The molecule has 1 aliphatic carbocycles. The van der Waals surface area contributed by atoms with Gasteiger partial charge in [0.2, 0.25) is 6.79 Å². The maximum atomic E-state index is 11.2. The molecule has 1 aromatic carbocycles. The molecule has 6 heteroatoms. The molecule has 0 spiro atoms. The zero-order valence-electron chi connectivity index (χ0n) is 11.4. The van der Waals surface area contributed by atoms with Crippen molar-refractivity contribution in [2.45, 2.75) is 38.6 Å². The normalized spacial score (nSPS) is 24.4. The van der Waals surface area contributed by atoms with Crippen LogP contribution in [0.5, 0.6) is 11.5 Å². The van der Waals surface area contributed by atoms with E-state index in [2.05, 4.69) is 12.2 Å². The number of benzene rings is 1. The summed E-state index contributed by atoms with van der Waals surface area (Å²) in [5.74, 6) is 1.77. The third-order valence-electron chi connectivity index (χ3n) is 4.06. The second-order valence-electron chi connectivity index (χ2n) is 5.58. The maximum Gasteiger partial charge on any atom is 0.296 e. The fourth-order valence-electron chi connectivity index (χ4n) is 2.82. The Kier molecular flexibility index (Phi) is 3.38. The van der Waals surface area contributed by atoms with Crippen molar-refractivity contribution in [3.05, 3.63) is 22.2 Å². The Balaban J connectivity index is 1.82. The molecule has 0 saturated heterocycles. The highest BCUT2D eigenvalue weighted by Crippen LogP contribution is 2.41. The van der Waals surface area contributed by atoms with Crippen molar-refractivity contribution in [3.8, 4) is 11.5 Å². The highest BCUT2D eigenvalue weighted by atomic mass is 16.7. The Morgan fingerprint density at radius 3 is 2.50 bits per heavy atom.